The molecule has 7 heteroatoms. The Morgan fingerprint density at radius 1 is 1.04 bits per heavy atom. The molecule has 3 heterocycles. The van der Waals surface area contributed by atoms with Crippen molar-refractivity contribution in [3.8, 4) is 11.3 Å². The van der Waals surface area contributed by atoms with Crippen LogP contribution in [-0.2, 0) is 0 Å². The lowest BCUT2D eigenvalue weighted by Crippen LogP contribution is -2.01. The maximum atomic E-state index is 14.1. The predicted molar refractivity (Wildman–Crippen MR) is 88.1 cm³/mol. The highest BCUT2D eigenvalue weighted by Crippen LogP contribution is 2.27. The summed E-state index contributed by atoms with van der Waals surface area (Å²) in [5, 5.41) is 2.96. The number of nitrogens with zero attached hydrogens (tertiary/aromatic N) is 4. The molecule has 0 radical (unpaired) electrons. The minimum atomic E-state index is -0.480. The number of thiazole rings is 1. The van der Waals surface area contributed by atoms with Crippen molar-refractivity contribution in [2.24, 2.45) is 0 Å². The average Bonchev–Trinajstić information content (AvgIpc) is 3.05. The average molecular weight is 323 g/mol. The first kappa shape index (κ1) is 13.7. The number of hydrogen-bond donors (Lipinski definition) is 1. The first-order valence-electron chi connectivity index (χ1n) is 6.84. The summed E-state index contributed by atoms with van der Waals surface area (Å²) in [6.07, 6.45) is 2.81. The van der Waals surface area contributed by atoms with E-state index in [-0.39, 0.29) is 5.69 Å². The normalized spacial score (nSPS) is 10.8. The molecule has 4 aromatic rings. The number of benzene rings is 1. The summed E-state index contributed by atoms with van der Waals surface area (Å²) in [5.41, 5.74) is 3.48. The van der Waals surface area contributed by atoms with Crippen molar-refractivity contribution in [1.82, 2.24) is 19.9 Å². The van der Waals surface area contributed by atoms with Crippen molar-refractivity contribution in [2.45, 2.75) is 0 Å². The van der Waals surface area contributed by atoms with Gasteiger partial charge in [-0.1, -0.05) is 12.1 Å². The van der Waals surface area contributed by atoms with Crippen LogP contribution in [0, 0.1) is 5.82 Å². The maximum Gasteiger partial charge on any atom is 0.229 e. The number of fused-ring (bicyclic) bond motifs is 1. The highest BCUT2D eigenvalue weighted by atomic mass is 32.1. The van der Waals surface area contributed by atoms with Crippen LogP contribution >= 0.6 is 11.3 Å². The molecule has 0 unspecified atom stereocenters. The Morgan fingerprint density at radius 3 is 2.87 bits per heavy atom. The van der Waals surface area contributed by atoms with Crippen LogP contribution in [0.25, 0.3) is 21.5 Å². The lowest BCUT2D eigenvalue weighted by molar-refractivity contribution is 0.619. The second-order valence-electron chi connectivity index (χ2n) is 4.76. The van der Waals surface area contributed by atoms with Gasteiger partial charge < -0.3 is 5.32 Å². The van der Waals surface area contributed by atoms with E-state index in [1.165, 1.54) is 0 Å². The van der Waals surface area contributed by atoms with Gasteiger partial charge in [0.25, 0.3) is 0 Å². The minimum Gasteiger partial charge on any atom is -0.309 e. The number of aromatic nitrogens is 4. The van der Waals surface area contributed by atoms with E-state index in [4.69, 9.17) is 0 Å². The third kappa shape index (κ3) is 2.74. The lowest BCUT2D eigenvalue weighted by Gasteiger charge is -2.07. The van der Waals surface area contributed by atoms with E-state index in [2.05, 4.69) is 25.3 Å². The zero-order valence-electron chi connectivity index (χ0n) is 11.8. The van der Waals surface area contributed by atoms with Crippen LogP contribution in [0.2, 0.25) is 0 Å². The smallest absolute Gasteiger partial charge is 0.229 e. The Morgan fingerprint density at radius 2 is 2.00 bits per heavy atom. The summed E-state index contributed by atoms with van der Waals surface area (Å²) in [5.74, 6) is 0.407. The van der Waals surface area contributed by atoms with Crippen molar-refractivity contribution in [3.63, 3.8) is 0 Å². The van der Waals surface area contributed by atoms with E-state index in [0.29, 0.717) is 17.3 Å². The fourth-order valence-electron chi connectivity index (χ4n) is 2.19. The van der Waals surface area contributed by atoms with Gasteiger partial charge in [0.2, 0.25) is 5.95 Å². The maximum absolute atomic E-state index is 14.1. The first-order chi connectivity index (χ1) is 11.3. The Bertz CT molecular complexity index is 971. The second kappa shape index (κ2) is 5.69. The molecule has 1 aromatic carbocycles. The molecule has 1 N–H and O–H groups in total. The molecule has 0 spiro atoms. The molecule has 0 bridgehead atoms. The Balaban J connectivity index is 1.74. The predicted octanol–water partition coefficient (Wildman–Crippen LogP) is 4.03. The van der Waals surface area contributed by atoms with Crippen LogP contribution in [0.15, 0.2) is 54.3 Å². The van der Waals surface area contributed by atoms with Crippen LogP contribution < -0.4 is 5.32 Å². The molecule has 0 saturated heterocycles. The van der Waals surface area contributed by atoms with Gasteiger partial charge in [0.05, 0.1) is 21.9 Å². The molecule has 0 amide bonds. The molecule has 3 aromatic heterocycles. The van der Waals surface area contributed by atoms with Gasteiger partial charge in [-0.25, -0.2) is 24.3 Å². The highest BCUT2D eigenvalue weighted by molar-refractivity contribution is 7.16. The van der Waals surface area contributed by atoms with Crippen molar-refractivity contribution >= 4 is 33.3 Å². The van der Waals surface area contributed by atoms with Gasteiger partial charge in [0, 0.05) is 11.8 Å². The zero-order chi connectivity index (χ0) is 15.6. The summed E-state index contributed by atoms with van der Waals surface area (Å²) >= 11 is 1.54. The van der Waals surface area contributed by atoms with Crippen LogP contribution in [0.3, 0.4) is 0 Å². The van der Waals surface area contributed by atoms with Gasteiger partial charge in [0.1, 0.15) is 11.5 Å². The number of rotatable bonds is 3. The summed E-state index contributed by atoms with van der Waals surface area (Å²) in [7, 11) is 0. The minimum absolute atomic E-state index is 0.230. The SMILES string of the molecule is Fc1cnc(Nc2ccccn2)nc1-c1ccc2scnc2c1. The Kier molecular flexibility index (Phi) is 3.39. The van der Waals surface area contributed by atoms with Crippen LogP contribution in [0.4, 0.5) is 16.2 Å². The molecule has 4 rings (SSSR count). The number of anilines is 2. The summed E-state index contributed by atoms with van der Waals surface area (Å²) in [4.78, 5) is 16.6. The van der Waals surface area contributed by atoms with Gasteiger partial charge in [-0.3, -0.25) is 0 Å². The number of nitrogens with one attached hydrogen (secondary N) is 1. The standard InChI is InChI=1S/C16H10FN5S/c17-11-8-19-16(21-14-3-1-2-6-18-14)22-15(11)10-4-5-13-12(7-10)20-9-23-13/h1-9H,(H,18,19,21,22). The second-order valence-corrected chi connectivity index (χ2v) is 5.65. The van der Waals surface area contributed by atoms with E-state index in [1.807, 2.05) is 30.3 Å². The molecule has 0 aliphatic carbocycles. The monoisotopic (exact) mass is 323 g/mol. The fraction of sp³-hybridized carbons (Fsp3) is 0. The molecule has 0 fully saturated rings. The van der Waals surface area contributed by atoms with Crippen molar-refractivity contribution in [2.75, 3.05) is 5.32 Å². The zero-order valence-corrected chi connectivity index (χ0v) is 12.6. The summed E-state index contributed by atoms with van der Waals surface area (Å²) in [6.45, 7) is 0. The molecule has 5 nitrogen and oxygen atoms in total. The molecule has 112 valence electrons. The van der Waals surface area contributed by atoms with Gasteiger partial charge in [-0.05, 0) is 24.3 Å². The van der Waals surface area contributed by atoms with Crippen molar-refractivity contribution in [1.29, 1.82) is 0 Å². The van der Waals surface area contributed by atoms with E-state index < -0.39 is 5.82 Å². The number of halogens is 1. The molecular weight excluding hydrogens is 313 g/mol. The first-order valence-corrected chi connectivity index (χ1v) is 7.72. The van der Waals surface area contributed by atoms with E-state index >= 15 is 0 Å². The number of hydrogen-bond acceptors (Lipinski definition) is 6. The van der Waals surface area contributed by atoms with Crippen LogP contribution in [-0.4, -0.2) is 19.9 Å². The molecule has 0 atom stereocenters. The summed E-state index contributed by atoms with van der Waals surface area (Å²) in [6, 6.07) is 11.0. The van der Waals surface area contributed by atoms with Gasteiger partial charge in [-0.15, -0.1) is 11.3 Å². The van der Waals surface area contributed by atoms with Crippen LogP contribution in [0.1, 0.15) is 0 Å². The topological polar surface area (TPSA) is 63.6 Å². The molecule has 0 aliphatic heterocycles. The van der Waals surface area contributed by atoms with Crippen molar-refractivity contribution < 1.29 is 4.39 Å². The third-order valence-electron chi connectivity index (χ3n) is 3.25. The van der Waals surface area contributed by atoms with Crippen LogP contribution in [0.5, 0.6) is 0 Å². The van der Waals surface area contributed by atoms with Gasteiger partial charge >= 0.3 is 0 Å². The van der Waals surface area contributed by atoms with E-state index in [1.54, 1.807) is 29.1 Å². The molecule has 0 aliphatic rings. The Labute approximate surface area is 134 Å². The van der Waals surface area contributed by atoms with Gasteiger partial charge in [-0.2, -0.15) is 0 Å². The third-order valence-corrected chi connectivity index (χ3v) is 4.06. The highest BCUT2D eigenvalue weighted by Gasteiger charge is 2.11. The van der Waals surface area contributed by atoms with E-state index in [0.717, 1.165) is 16.4 Å². The molecule has 0 saturated carbocycles. The largest absolute Gasteiger partial charge is 0.309 e. The van der Waals surface area contributed by atoms with E-state index in [9.17, 15) is 4.39 Å². The summed E-state index contributed by atoms with van der Waals surface area (Å²) < 4.78 is 15.2. The number of pyridine rings is 1. The molecule has 23 heavy (non-hydrogen) atoms. The molecular formula is C16H10FN5S. The quantitative estimate of drug-likeness (QED) is 0.616. The van der Waals surface area contributed by atoms with Crippen molar-refractivity contribution in [3.05, 3.63) is 60.1 Å². The van der Waals surface area contributed by atoms with Gasteiger partial charge in [0.15, 0.2) is 5.82 Å². The fourth-order valence-corrected chi connectivity index (χ4v) is 2.84. The lowest BCUT2D eigenvalue weighted by atomic mass is 10.1. The Hall–Kier alpha value is -2.93.